The SMILES string of the molecule is C=CC(=O)N1CCN(c2nc(OC[C@H]3CCCN3C)nc3c2CCN(c2cc(OC(=O)C(C)(C)C)cc4ccccc24)C3)CC1CC#N. The largest absolute Gasteiger partial charge is 0.462 e. The minimum absolute atomic E-state index is 0.164. The molecule has 2 atom stereocenters. The zero-order valence-electron chi connectivity index (χ0n) is 28.4. The van der Waals surface area contributed by atoms with E-state index in [1.165, 1.54) is 6.08 Å². The summed E-state index contributed by atoms with van der Waals surface area (Å²) in [6, 6.07) is 14.6. The van der Waals surface area contributed by atoms with Gasteiger partial charge in [-0.2, -0.15) is 15.2 Å². The average molecular weight is 652 g/mol. The number of anilines is 2. The number of aromatic nitrogens is 2. The van der Waals surface area contributed by atoms with Crippen molar-refractivity contribution in [2.75, 3.05) is 56.2 Å². The Hall–Kier alpha value is -4.69. The summed E-state index contributed by atoms with van der Waals surface area (Å²) in [5.41, 5.74) is 2.26. The van der Waals surface area contributed by atoms with Crippen LogP contribution in [-0.4, -0.2) is 90.1 Å². The molecule has 1 aromatic heterocycles. The van der Waals surface area contributed by atoms with Gasteiger partial charge in [0, 0.05) is 54.9 Å². The lowest BCUT2D eigenvalue weighted by atomic mass is 9.97. The summed E-state index contributed by atoms with van der Waals surface area (Å²) in [6.45, 7) is 13.5. The first kappa shape index (κ1) is 33.2. The number of fused-ring (bicyclic) bond motifs is 2. The van der Waals surface area contributed by atoms with Crippen LogP contribution in [0.25, 0.3) is 10.8 Å². The van der Waals surface area contributed by atoms with Crippen LogP contribution in [0.5, 0.6) is 11.8 Å². The lowest BCUT2D eigenvalue weighted by Crippen LogP contribution is -2.55. The van der Waals surface area contributed by atoms with E-state index < -0.39 is 5.41 Å². The number of hydrogen-bond donors (Lipinski definition) is 0. The summed E-state index contributed by atoms with van der Waals surface area (Å²) < 4.78 is 12.2. The molecule has 1 amide bonds. The van der Waals surface area contributed by atoms with Gasteiger partial charge in [-0.3, -0.25) is 9.59 Å². The Labute approximate surface area is 282 Å². The van der Waals surface area contributed by atoms with Gasteiger partial charge in [-0.05, 0) is 71.2 Å². The van der Waals surface area contributed by atoms with Gasteiger partial charge in [-0.25, -0.2) is 0 Å². The van der Waals surface area contributed by atoms with Gasteiger partial charge in [0.25, 0.3) is 0 Å². The summed E-state index contributed by atoms with van der Waals surface area (Å²) in [7, 11) is 2.12. The molecule has 0 aliphatic carbocycles. The van der Waals surface area contributed by atoms with E-state index in [4.69, 9.17) is 19.4 Å². The summed E-state index contributed by atoms with van der Waals surface area (Å²) in [5, 5.41) is 11.6. The molecule has 0 bridgehead atoms. The van der Waals surface area contributed by atoms with Crippen molar-refractivity contribution in [1.82, 2.24) is 19.8 Å². The Morgan fingerprint density at radius 1 is 1.08 bits per heavy atom. The number of nitrogens with zero attached hydrogens (tertiary/aromatic N) is 7. The maximum atomic E-state index is 12.8. The number of likely N-dealkylation sites (N-methyl/N-ethyl adjacent to an activating group) is 1. The van der Waals surface area contributed by atoms with Crippen LogP contribution in [0.4, 0.5) is 11.5 Å². The Bertz CT molecular complexity index is 1750. The number of esters is 1. The molecule has 48 heavy (non-hydrogen) atoms. The minimum Gasteiger partial charge on any atom is -0.462 e. The second-order valence-electron chi connectivity index (χ2n) is 14.0. The molecule has 0 saturated carbocycles. The maximum absolute atomic E-state index is 12.8. The molecule has 2 aromatic carbocycles. The molecule has 1 unspecified atom stereocenters. The van der Waals surface area contributed by atoms with Crippen LogP contribution in [-0.2, 0) is 22.6 Å². The lowest BCUT2D eigenvalue weighted by molar-refractivity contribution is -0.143. The molecule has 252 valence electrons. The topological polar surface area (TPSA) is 115 Å². The van der Waals surface area contributed by atoms with Crippen LogP contribution in [0.2, 0.25) is 0 Å². The van der Waals surface area contributed by atoms with Gasteiger partial charge in [0.1, 0.15) is 18.2 Å². The van der Waals surface area contributed by atoms with Crippen LogP contribution < -0.4 is 19.3 Å². The predicted octanol–water partition coefficient (Wildman–Crippen LogP) is 4.73. The van der Waals surface area contributed by atoms with Crippen molar-refractivity contribution in [3.63, 3.8) is 0 Å². The summed E-state index contributed by atoms with van der Waals surface area (Å²) in [6.07, 6.45) is 4.43. The first-order chi connectivity index (χ1) is 23.0. The fourth-order valence-electron chi connectivity index (χ4n) is 6.86. The third-order valence-electron chi connectivity index (χ3n) is 9.64. The van der Waals surface area contributed by atoms with E-state index in [1.54, 1.807) is 4.90 Å². The zero-order chi connectivity index (χ0) is 34.0. The second-order valence-corrected chi connectivity index (χ2v) is 14.0. The third kappa shape index (κ3) is 6.95. The van der Waals surface area contributed by atoms with E-state index in [2.05, 4.69) is 40.5 Å². The Morgan fingerprint density at radius 2 is 1.90 bits per heavy atom. The number of rotatable bonds is 8. The molecule has 6 rings (SSSR count). The second kappa shape index (κ2) is 13.8. The first-order valence-electron chi connectivity index (χ1n) is 16.8. The van der Waals surface area contributed by atoms with Crippen LogP contribution >= 0.6 is 0 Å². The number of likely N-dealkylation sites (tertiary alicyclic amines) is 1. The molecule has 2 saturated heterocycles. The fraction of sp³-hybridized carbons (Fsp3) is 0.486. The van der Waals surface area contributed by atoms with Crippen molar-refractivity contribution in [3.05, 3.63) is 60.3 Å². The normalized spacial score (nSPS) is 19.9. The van der Waals surface area contributed by atoms with E-state index in [9.17, 15) is 14.9 Å². The zero-order valence-corrected chi connectivity index (χ0v) is 28.4. The quantitative estimate of drug-likeness (QED) is 0.192. The predicted molar refractivity (Wildman–Crippen MR) is 185 cm³/mol. The van der Waals surface area contributed by atoms with Gasteiger partial charge >= 0.3 is 12.0 Å². The number of piperazine rings is 1. The van der Waals surface area contributed by atoms with Gasteiger partial charge in [-0.1, -0.05) is 30.8 Å². The van der Waals surface area contributed by atoms with Gasteiger partial charge < -0.3 is 29.1 Å². The molecular weight excluding hydrogens is 606 g/mol. The highest BCUT2D eigenvalue weighted by molar-refractivity contribution is 5.96. The van der Waals surface area contributed by atoms with Crippen molar-refractivity contribution in [2.24, 2.45) is 5.41 Å². The van der Waals surface area contributed by atoms with Crippen LogP contribution in [0.3, 0.4) is 0 Å². The molecule has 3 aliphatic heterocycles. The number of carbonyl (C=O) groups excluding carboxylic acids is 2. The molecule has 11 heteroatoms. The first-order valence-corrected chi connectivity index (χ1v) is 16.8. The molecule has 0 N–H and O–H groups in total. The molecule has 4 heterocycles. The van der Waals surface area contributed by atoms with Gasteiger partial charge in [0.05, 0.1) is 36.2 Å². The average Bonchev–Trinajstić information content (AvgIpc) is 3.49. The monoisotopic (exact) mass is 651 g/mol. The highest BCUT2D eigenvalue weighted by Gasteiger charge is 2.34. The van der Waals surface area contributed by atoms with Gasteiger partial charge in [-0.15, -0.1) is 0 Å². The molecule has 3 aromatic rings. The number of ether oxygens (including phenoxy) is 2. The van der Waals surface area contributed by atoms with E-state index >= 15 is 0 Å². The highest BCUT2D eigenvalue weighted by Crippen LogP contribution is 2.37. The number of hydrogen-bond acceptors (Lipinski definition) is 10. The van der Waals surface area contributed by atoms with Crippen molar-refractivity contribution in [1.29, 1.82) is 5.26 Å². The molecule has 3 aliphatic rings. The molecule has 0 radical (unpaired) electrons. The standard InChI is InChI=1S/C37H45N7O4/c1-6-33(45)44-19-18-43(22-26(44)13-15-38)34-30-14-17-42(23-31(30)39-36(40-34)47-24-27-11-9-16-41(27)5)32-21-28(48-35(46)37(2,3)4)20-25-10-7-8-12-29(25)32/h6-8,10,12,20-21,26-27H,1,9,11,13-14,16-19,22-24H2,2-5H3/t26?,27-/m1/s1. The minimum atomic E-state index is -0.635. The lowest BCUT2D eigenvalue weighted by Gasteiger charge is -2.42. The van der Waals surface area contributed by atoms with Gasteiger partial charge in [0.15, 0.2) is 0 Å². The van der Waals surface area contributed by atoms with Crippen LogP contribution in [0.1, 0.15) is 51.3 Å². The van der Waals surface area contributed by atoms with Crippen molar-refractivity contribution in [2.45, 2.75) is 65.1 Å². The Kier molecular flexibility index (Phi) is 9.56. The smallest absolute Gasteiger partial charge is 0.318 e. The number of benzene rings is 2. The Morgan fingerprint density at radius 3 is 2.62 bits per heavy atom. The number of nitriles is 1. The van der Waals surface area contributed by atoms with Crippen molar-refractivity contribution < 1.29 is 19.1 Å². The van der Waals surface area contributed by atoms with E-state index in [1.807, 2.05) is 51.1 Å². The number of carbonyl (C=O) groups is 2. The summed E-state index contributed by atoms with van der Waals surface area (Å²) >= 11 is 0. The molecule has 0 spiro atoms. The Balaban J connectivity index is 1.35. The molecule has 11 nitrogen and oxygen atoms in total. The van der Waals surface area contributed by atoms with E-state index in [-0.39, 0.29) is 24.3 Å². The van der Waals surface area contributed by atoms with Crippen molar-refractivity contribution in [3.8, 4) is 17.8 Å². The maximum Gasteiger partial charge on any atom is 0.318 e. The van der Waals surface area contributed by atoms with Crippen molar-refractivity contribution >= 4 is 34.2 Å². The molecule has 2 fully saturated rings. The third-order valence-corrected chi connectivity index (χ3v) is 9.64. The van der Waals surface area contributed by atoms with Crippen LogP contribution in [0, 0.1) is 16.7 Å². The van der Waals surface area contributed by atoms with Crippen LogP contribution in [0.15, 0.2) is 49.1 Å². The van der Waals surface area contributed by atoms with E-state index in [0.717, 1.165) is 52.9 Å². The van der Waals surface area contributed by atoms with E-state index in [0.29, 0.717) is 63.6 Å². The number of amides is 1. The highest BCUT2D eigenvalue weighted by atomic mass is 16.5. The summed E-state index contributed by atoms with van der Waals surface area (Å²) in [4.78, 5) is 43.9. The van der Waals surface area contributed by atoms with Gasteiger partial charge in [0.2, 0.25) is 5.91 Å². The summed E-state index contributed by atoms with van der Waals surface area (Å²) in [5.74, 6) is 0.866. The molecular formula is C37H45N7O4. The fourth-order valence-corrected chi connectivity index (χ4v) is 6.86.